The molecule has 0 bridgehead atoms. The lowest BCUT2D eigenvalue weighted by atomic mass is 10.2. The van der Waals surface area contributed by atoms with Crippen molar-refractivity contribution in [2.75, 3.05) is 17.5 Å². The Labute approximate surface area is 213 Å². The van der Waals surface area contributed by atoms with Crippen molar-refractivity contribution >= 4 is 49.1 Å². The molecule has 10 heteroatoms. The number of esters is 1. The first-order chi connectivity index (χ1) is 17.3. The predicted molar refractivity (Wildman–Crippen MR) is 140 cm³/mol. The summed E-state index contributed by atoms with van der Waals surface area (Å²) in [4.78, 5) is 29.7. The van der Waals surface area contributed by atoms with Gasteiger partial charge in [-0.2, -0.15) is 4.99 Å². The molecule has 1 heterocycles. The van der Waals surface area contributed by atoms with Gasteiger partial charge in [0.25, 0.3) is 15.9 Å². The summed E-state index contributed by atoms with van der Waals surface area (Å²) in [6.07, 6.45) is 0. The molecule has 0 fully saturated rings. The number of aromatic nitrogens is 1. The van der Waals surface area contributed by atoms with Crippen molar-refractivity contribution in [1.82, 2.24) is 4.57 Å². The Kier molecular flexibility index (Phi) is 7.37. The van der Waals surface area contributed by atoms with E-state index in [1.807, 2.05) is 6.07 Å². The van der Waals surface area contributed by atoms with Crippen LogP contribution in [-0.2, 0) is 21.8 Å². The van der Waals surface area contributed by atoms with Gasteiger partial charge in [-0.3, -0.25) is 9.10 Å². The Morgan fingerprint density at radius 3 is 2.28 bits per heavy atom. The Bertz CT molecular complexity index is 1590. The third-order valence-electron chi connectivity index (χ3n) is 5.54. The summed E-state index contributed by atoms with van der Waals surface area (Å²) in [5, 5.41) is 0. The van der Waals surface area contributed by atoms with Gasteiger partial charge in [0.05, 0.1) is 33.0 Å². The van der Waals surface area contributed by atoms with E-state index in [0.717, 1.165) is 10.2 Å². The van der Waals surface area contributed by atoms with Gasteiger partial charge >= 0.3 is 5.97 Å². The molecule has 0 radical (unpaired) electrons. The second-order valence-electron chi connectivity index (χ2n) is 7.79. The number of fused-ring (bicyclic) bond motifs is 1. The number of benzene rings is 3. The van der Waals surface area contributed by atoms with Crippen LogP contribution in [0.1, 0.15) is 34.6 Å². The van der Waals surface area contributed by atoms with Crippen LogP contribution >= 0.6 is 11.3 Å². The maximum Gasteiger partial charge on any atom is 0.338 e. The molecule has 4 rings (SSSR count). The fraction of sp³-hybridized carbons (Fsp3) is 0.192. The summed E-state index contributed by atoms with van der Waals surface area (Å²) in [6, 6.07) is 19.8. The number of hydrogen-bond donors (Lipinski definition) is 0. The highest BCUT2D eigenvalue weighted by atomic mass is 32.2. The number of carbonyl (C=O) groups excluding carboxylic acids is 2. The number of aryl methyl sites for hydroxylation is 1. The highest BCUT2D eigenvalue weighted by Crippen LogP contribution is 2.24. The van der Waals surface area contributed by atoms with Gasteiger partial charge < -0.3 is 9.30 Å². The first-order valence-electron chi connectivity index (χ1n) is 11.3. The van der Waals surface area contributed by atoms with E-state index >= 15 is 0 Å². The van der Waals surface area contributed by atoms with Gasteiger partial charge in [-0.05, 0) is 68.4 Å². The molecule has 36 heavy (non-hydrogen) atoms. The Morgan fingerprint density at radius 1 is 0.972 bits per heavy atom. The average molecular weight is 524 g/mol. The summed E-state index contributed by atoms with van der Waals surface area (Å²) < 4.78 is 35.3. The molecule has 0 aliphatic heterocycles. The number of anilines is 1. The number of thiazole rings is 1. The Hall–Kier alpha value is -3.76. The van der Waals surface area contributed by atoms with Crippen LogP contribution in [-0.4, -0.2) is 38.0 Å². The fourth-order valence-corrected chi connectivity index (χ4v) is 6.25. The van der Waals surface area contributed by atoms with E-state index in [9.17, 15) is 18.0 Å². The van der Waals surface area contributed by atoms with Crippen molar-refractivity contribution in [2.24, 2.45) is 12.0 Å². The maximum absolute atomic E-state index is 13.2. The number of hydrogen-bond acceptors (Lipinski definition) is 6. The fourth-order valence-electron chi connectivity index (χ4n) is 3.72. The molecule has 1 amide bonds. The second kappa shape index (κ2) is 10.5. The topological polar surface area (TPSA) is 98.0 Å². The third kappa shape index (κ3) is 4.95. The number of sulfonamides is 1. The van der Waals surface area contributed by atoms with Crippen molar-refractivity contribution in [3.05, 3.63) is 88.7 Å². The standard InChI is InChI=1S/C26H25N3O5S2/c1-4-29(20-9-7-6-8-10-20)36(32,33)21-14-11-18(12-15-21)24(30)27-26-28(3)22-16-13-19(17-23(22)35-26)25(31)34-5-2/h6-17H,4-5H2,1-3H3. The molecule has 3 aromatic carbocycles. The van der Waals surface area contributed by atoms with Crippen LogP contribution in [0.5, 0.6) is 0 Å². The smallest absolute Gasteiger partial charge is 0.338 e. The lowest BCUT2D eigenvalue weighted by Gasteiger charge is -2.22. The monoisotopic (exact) mass is 523 g/mol. The summed E-state index contributed by atoms with van der Waals surface area (Å²) in [7, 11) is -2.01. The molecule has 8 nitrogen and oxygen atoms in total. The van der Waals surface area contributed by atoms with Crippen LogP contribution < -0.4 is 9.11 Å². The predicted octanol–water partition coefficient (Wildman–Crippen LogP) is 4.37. The zero-order valence-electron chi connectivity index (χ0n) is 20.0. The number of ether oxygens (including phenoxy) is 1. The van der Waals surface area contributed by atoms with Crippen LogP contribution in [0.15, 0.2) is 82.7 Å². The van der Waals surface area contributed by atoms with E-state index in [0.29, 0.717) is 16.1 Å². The number of carbonyl (C=O) groups is 2. The quantitative estimate of drug-likeness (QED) is 0.335. The van der Waals surface area contributed by atoms with Crippen molar-refractivity contribution in [3.8, 4) is 0 Å². The SMILES string of the molecule is CCOC(=O)c1ccc2c(c1)sc(=NC(=O)c1ccc(S(=O)(=O)N(CC)c3ccccc3)cc1)n2C. The largest absolute Gasteiger partial charge is 0.462 e. The molecule has 0 saturated heterocycles. The van der Waals surface area contributed by atoms with E-state index in [1.54, 1.807) is 67.9 Å². The molecule has 1 aromatic heterocycles. The number of rotatable bonds is 7. The van der Waals surface area contributed by atoms with Gasteiger partial charge in [-0.1, -0.05) is 29.5 Å². The highest BCUT2D eigenvalue weighted by Gasteiger charge is 2.23. The van der Waals surface area contributed by atoms with Crippen LogP contribution in [0.25, 0.3) is 10.2 Å². The average Bonchev–Trinajstić information content (AvgIpc) is 3.19. The molecule has 0 aliphatic carbocycles. The van der Waals surface area contributed by atoms with Crippen molar-refractivity contribution < 1.29 is 22.7 Å². The van der Waals surface area contributed by atoms with E-state index in [2.05, 4.69) is 4.99 Å². The van der Waals surface area contributed by atoms with Crippen molar-refractivity contribution in [3.63, 3.8) is 0 Å². The minimum absolute atomic E-state index is 0.0867. The third-order valence-corrected chi connectivity index (χ3v) is 8.55. The molecule has 186 valence electrons. The maximum atomic E-state index is 13.2. The van der Waals surface area contributed by atoms with E-state index in [4.69, 9.17) is 4.74 Å². The van der Waals surface area contributed by atoms with E-state index < -0.39 is 21.9 Å². The number of para-hydroxylation sites is 1. The number of amides is 1. The van der Waals surface area contributed by atoms with Gasteiger partial charge in [0.1, 0.15) is 0 Å². The summed E-state index contributed by atoms with van der Waals surface area (Å²) >= 11 is 1.27. The summed E-state index contributed by atoms with van der Waals surface area (Å²) in [6.45, 7) is 4.06. The highest BCUT2D eigenvalue weighted by molar-refractivity contribution is 7.92. The van der Waals surface area contributed by atoms with Gasteiger partial charge in [0.2, 0.25) is 0 Å². The van der Waals surface area contributed by atoms with Crippen molar-refractivity contribution in [2.45, 2.75) is 18.7 Å². The molecular formula is C26H25N3O5S2. The molecule has 0 unspecified atom stereocenters. The summed E-state index contributed by atoms with van der Waals surface area (Å²) in [5.41, 5.74) is 2.08. The molecule has 0 atom stereocenters. The normalized spacial score (nSPS) is 12.0. The van der Waals surface area contributed by atoms with Gasteiger partial charge in [-0.25, -0.2) is 13.2 Å². The molecule has 0 N–H and O–H groups in total. The zero-order valence-corrected chi connectivity index (χ0v) is 21.7. The van der Waals surface area contributed by atoms with Crippen LogP contribution in [0, 0.1) is 0 Å². The lowest BCUT2D eigenvalue weighted by molar-refractivity contribution is 0.0526. The second-order valence-corrected chi connectivity index (χ2v) is 10.7. The van der Waals surface area contributed by atoms with Gasteiger partial charge in [0.15, 0.2) is 4.80 Å². The van der Waals surface area contributed by atoms with Gasteiger partial charge in [0, 0.05) is 19.2 Å². The van der Waals surface area contributed by atoms with Crippen molar-refractivity contribution in [1.29, 1.82) is 0 Å². The molecule has 4 aromatic rings. The Morgan fingerprint density at radius 2 is 1.64 bits per heavy atom. The number of nitrogens with zero attached hydrogens (tertiary/aromatic N) is 3. The molecule has 0 aliphatic rings. The molecule has 0 saturated carbocycles. The minimum atomic E-state index is -3.79. The van der Waals surface area contributed by atoms with Gasteiger partial charge in [-0.15, -0.1) is 0 Å². The lowest BCUT2D eigenvalue weighted by Crippen LogP contribution is -2.30. The summed E-state index contributed by atoms with van der Waals surface area (Å²) in [5.74, 6) is -0.906. The zero-order chi connectivity index (χ0) is 25.9. The first-order valence-corrected chi connectivity index (χ1v) is 13.6. The minimum Gasteiger partial charge on any atom is -0.462 e. The van der Waals surface area contributed by atoms with Crippen LogP contribution in [0.2, 0.25) is 0 Å². The van der Waals surface area contributed by atoms with Crippen LogP contribution in [0.3, 0.4) is 0 Å². The molecular weight excluding hydrogens is 498 g/mol. The van der Waals surface area contributed by atoms with E-state index in [-0.39, 0.29) is 23.6 Å². The van der Waals surface area contributed by atoms with E-state index in [1.165, 1.54) is 39.9 Å². The Balaban J connectivity index is 1.62. The van der Waals surface area contributed by atoms with Crippen LogP contribution in [0.4, 0.5) is 5.69 Å². The molecule has 0 spiro atoms. The first kappa shape index (κ1) is 25.3.